The first-order valence-corrected chi connectivity index (χ1v) is 7.52. The van der Waals surface area contributed by atoms with Gasteiger partial charge in [-0.15, -0.1) is 11.3 Å². The molecule has 0 saturated carbocycles. The average molecular weight is 334 g/mol. The number of nitrogens with zero attached hydrogens (tertiary/aromatic N) is 2. The lowest BCUT2D eigenvalue weighted by molar-refractivity contribution is 0.102. The quantitative estimate of drug-likeness (QED) is 0.779. The van der Waals surface area contributed by atoms with Gasteiger partial charge in [0.2, 0.25) is 0 Å². The number of pyridine rings is 1. The summed E-state index contributed by atoms with van der Waals surface area (Å²) in [6.07, 6.45) is 3.11. The number of carbonyl (C=O) groups is 1. The fourth-order valence-corrected chi connectivity index (χ4v) is 2.63. The van der Waals surface area contributed by atoms with E-state index < -0.39 is 11.7 Å². The Labute approximate surface area is 134 Å². The number of carbonyl (C=O) groups excluding carboxylic acids is 1. The summed E-state index contributed by atoms with van der Waals surface area (Å²) in [6, 6.07) is 7.46. The standard InChI is InChI=1S/C15H9ClFN3OS/c16-11-2-1-5-18-13(11)10-4-3-9(8-12(10)17)14(21)20-15-19-6-7-22-15/h1-8H,(H,19,20,21). The molecule has 0 fully saturated rings. The first-order valence-electron chi connectivity index (χ1n) is 6.26. The molecule has 2 heterocycles. The summed E-state index contributed by atoms with van der Waals surface area (Å²) >= 11 is 7.30. The molecule has 7 heteroatoms. The highest BCUT2D eigenvalue weighted by Crippen LogP contribution is 2.28. The van der Waals surface area contributed by atoms with E-state index in [4.69, 9.17) is 11.6 Å². The minimum atomic E-state index is -0.563. The van der Waals surface area contributed by atoms with Crippen LogP contribution in [0.1, 0.15) is 10.4 Å². The number of thiazole rings is 1. The lowest BCUT2D eigenvalue weighted by Crippen LogP contribution is -2.12. The third-order valence-corrected chi connectivity index (χ3v) is 3.89. The van der Waals surface area contributed by atoms with Crippen LogP contribution >= 0.6 is 22.9 Å². The third-order valence-electron chi connectivity index (χ3n) is 2.90. The molecule has 1 N–H and O–H groups in total. The maximum atomic E-state index is 14.3. The van der Waals surface area contributed by atoms with Crippen molar-refractivity contribution in [2.24, 2.45) is 0 Å². The van der Waals surface area contributed by atoms with Crippen LogP contribution in [0.3, 0.4) is 0 Å². The van der Waals surface area contributed by atoms with Crippen LogP contribution in [0.2, 0.25) is 5.02 Å². The number of halogens is 2. The molecule has 0 atom stereocenters. The van der Waals surface area contributed by atoms with Gasteiger partial charge >= 0.3 is 0 Å². The highest BCUT2D eigenvalue weighted by molar-refractivity contribution is 7.13. The van der Waals surface area contributed by atoms with E-state index in [0.717, 1.165) is 6.07 Å². The maximum Gasteiger partial charge on any atom is 0.257 e. The van der Waals surface area contributed by atoms with Gasteiger partial charge in [-0.2, -0.15) is 0 Å². The summed E-state index contributed by atoms with van der Waals surface area (Å²) in [6.45, 7) is 0. The Morgan fingerprint density at radius 2 is 2.09 bits per heavy atom. The van der Waals surface area contributed by atoms with E-state index >= 15 is 0 Å². The van der Waals surface area contributed by atoms with Crippen LogP contribution in [-0.2, 0) is 0 Å². The zero-order chi connectivity index (χ0) is 15.5. The summed E-state index contributed by atoms with van der Waals surface area (Å²) in [7, 11) is 0. The van der Waals surface area contributed by atoms with Crippen molar-refractivity contribution in [1.29, 1.82) is 0 Å². The summed E-state index contributed by atoms with van der Waals surface area (Å²) in [5, 5.41) is 5.14. The van der Waals surface area contributed by atoms with Gasteiger partial charge in [-0.3, -0.25) is 15.1 Å². The second kappa shape index (κ2) is 6.21. The Morgan fingerprint density at radius 1 is 1.23 bits per heavy atom. The molecule has 1 amide bonds. The molecule has 0 aliphatic rings. The van der Waals surface area contributed by atoms with Crippen LogP contribution in [0.5, 0.6) is 0 Å². The summed E-state index contributed by atoms with van der Waals surface area (Å²) in [5.41, 5.74) is 0.786. The fraction of sp³-hybridized carbons (Fsp3) is 0. The van der Waals surface area contributed by atoms with Gasteiger partial charge in [0, 0.05) is 28.9 Å². The molecule has 22 heavy (non-hydrogen) atoms. The molecule has 0 aliphatic heterocycles. The van der Waals surface area contributed by atoms with Gasteiger partial charge < -0.3 is 0 Å². The van der Waals surface area contributed by atoms with Crippen molar-refractivity contribution in [1.82, 2.24) is 9.97 Å². The van der Waals surface area contributed by atoms with E-state index in [1.807, 2.05) is 0 Å². The van der Waals surface area contributed by atoms with E-state index in [0.29, 0.717) is 15.8 Å². The normalized spacial score (nSPS) is 10.5. The van der Waals surface area contributed by atoms with Gasteiger partial charge in [0.1, 0.15) is 5.82 Å². The predicted octanol–water partition coefficient (Wildman–Crippen LogP) is 4.25. The van der Waals surface area contributed by atoms with Crippen molar-refractivity contribution in [2.45, 2.75) is 0 Å². The first-order chi connectivity index (χ1) is 10.6. The van der Waals surface area contributed by atoms with E-state index in [1.54, 1.807) is 23.7 Å². The van der Waals surface area contributed by atoms with Crippen LogP contribution in [-0.4, -0.2) is 15.9 Å². The Balaban J connectivity index is 1.89. The largest absolute Gasteiger partial charge is 0.298 e. The van der Waals surface area contributed by atoms with Gasteiger partial charge in [-0.1, -0.05) is 11.6 Å². The number of nitrogens with one attached hydrogen (secondary N) is 1. The molecular weight excluding hydrogens is 325 g/mol. The third kappa shape index (κ3) is 2.98. The van der Waals surface area contributed by atoms with Crippen molar-refractivity contribution in [3.8, 4) is 11.3 Å². The van der Waals surface area contributed by atoms with Crippen molar-refractivity contribution in [2.75, 3.05) is 5.32 Å². The average Bonchev–Trinajstić information content (AvgIpc) is 3.01. The van der Waals surface area contributed by atoms with E-state index in [9.17, 15) is 9.18 Å². The van der Waals surface area contributed by atoms with E-state index in [2.05, 4.69) is 15.3 Å². The molecular formula is C15H9ClFN3OS. The maximum absolute atomic E-state index is 14.3. The fourth-order valence-electron chi connectivity index (χ4n) is 1.89. The molecule has 2 aromatic heterocycles. The van der Waals surface area contributed by atoms with Crippen LogP contribution in [0, 0.1) is 5.82 Å². The number of rotatable bonds is 3. The SMILES string of the molecule is O=C(Nc1nccs1)c1ccc(-c2ncccc2Cl)c(F)c1. The van der Waals surface area contributed by atoms with Gasteiger partial charge in [0.15, 0.2) is 5.13 Å². The smallest absolute Gasteiger partial charge is 0.257 e. The van der Waals surface area contributed by atoms with Gasteiger partial charge in [0.25, 0.3) is 5.91 Å². The second-order valence-electron chi connectivity index (χ2n) is 4.32. The molecule has 0 bridgehead atoms. The molecule has 4 nitrogen and oxygen atoms in total. The molecule has 3 aromatic rings. The Bertz CT molecular complexity index is 823. The lowest BCUT2D eigenvalue weighted by atomic mass is 10.1. The van der Waals surface area contributed by atoms with Crippen LogP contribution < -0.4 is 5.32 Å². The zero-order valence-electron chi connectivity index (χ0n) is 11.1. The summed E-state index contributed by atoms with van der Waals surface area (Å²) in [5.74, 6) is -0.986. The Hall–Kier alpha value is -2.31. The minimum Gasteiger partial charge on any atom is -0.298 e. The van der Waals surface area contributed by atoms with Crippen LogP contribution in [0.25, 0.3) is 11.3 Å². The van der Waals surface area contributed by atoms with Gasteiger partial charge in [-0.05, 0) is 30.3 Å². The predicted molar refractivity (Wildman–Crippen MR) is 84.7 cm³/mol. The number of hydrogen-bond donors (Lipinski definition) is 1. The molecule has 110 valence electrons. The van der Waals surface area contributed by atoms with Crippen molar-refractivity contribution in [3.05, 3.63) is 64.5 Å². The van der Waals surface area contributed by atoms with Gasteiger partial charge in [0.05, 0.1) is 10.7 Å². The number of anilines is 1. The molecule has 0 aliphatic carbocycles. The summed E-state index contributed by atoms with van der Waals surface area (Å²) in [4.78, 5) is 20.0. The Kier molecular flexibility index (Phi) is 4.13. The first kappa shape index (κ1) is 14.6. The van der Waals surface area contributed by atoms with Crippen molar-refractivity contribution in [3.63, 3.8) is 0 Å². The molecule has 1 aromatic carbocycles. The number of hydrogen-bond acceptors (Lipinski definition) is 4. The second-order valence-corrected chi connectivity index (χ2v) is 5.62. The monoisotopic (exact) mass is 333 g/mol. The molecule has 0 radical (unpaired) electrons. The topological polar surface area (TPSA) is 54.9 Å². The minimum absolute atomic E-state index is 0.198. The Morgan fingerprint density at radius 3 is 2.77 bits per heavy atom. The van der Waals surface area contributed by atoms with Crippen molar-refractivity contribution < 1.29 is 9.18 Å². The van der Waals surface area contributed by atoms with Gasteiger partial charge in [-0.25, -0.2) is 9.37 Å². The van der Waals surface area contributed by atoms with Crippen molar-refractivity contribution >= 4 is 34.0 Å². The number of benzene rings is 1. The molecule has 0 saturated heterocycles. The summed E-state index contributed by atoms with van der Waals surface area (Å²) < 4.78 is 14.3. The molecule has 0 spiro atoms. The van der Waals surface area contributed by atoms with Crippen LogP contribution in [0.15, 0.2) is 48.1 Å². The number of amides is 1. The van der Waals surface area contributed by atoms with E-state index in [-0.39, 0.29) is 11.1 Å². The zero-order valence-corrected chi connectivity index (χ0v) is 12.7. The van der Waals surface area contributed by atoms with Crippen LogP contribution in [0.4, 0.5) is 9.52 Å². The molecule has 0 unspecified atom stereocenters. The highest BCUT2D eigenvalue weighted by atomic mass is 35.5. The lowest BCUT2D eigenvalue weighted by Gasteiger charge is -2.07. The van der Waals surface area contributed by atoms with E-state index in [1.165, 1.54) is 29.7 Å². The highest BCUT2D eigenvalue weighted by Gasteiger charge is 2.14. The molecule has 3 rings (SSSR count). The number of aromatic nitrogens is 2.